The molecule has 1 fully saturated rings. The molecule has 0 saturated carbocycles. The van der Waals surface area contributed by atoms with E-state index in [1.807, 2.05) is 6.08 Å². The van der Waals surface area contributed by atoms with Crippen LogP contribution in [0.3, 0.4) is 0 Å². The largest absolute Gasteiger partial charge is 0.389 e. The van der Waals surface area contributed by atoms with Crippen LogP contribution >= 0.6 is 0 Å². The summed E-state index contributed by atoms with van der Waals surface area (Å²) in [4.78, 5) is 0. The molecular formula is C11H20O2. The van der Waals surface area contributed by atoms with Gasteiger partial charge in [-0.1, -0.05) is 25.5 Å². The molecule has 2 unspecified atom stereocenters. The van der Waals surface area contributed by atoms with Gasteiger partial charge in [0.25, 0.3) is 0 Å². The highest BCUT2D eigenvalue weighted by Gasteiger charge is 2.20. The molecule has 0 aromatic carbocycles. The normalized spacial score (nSPS) is 29.6. The van der Waals surface area contributed by atoms with Gasteiger partial charge in [-0.3, -0.25) is 0 Å². The third-order valence-electron chi connectivity index (χ3n) is 2.44. The summed E-state index contributed by atoms with van der Waals surface area (Å²) in [7, 11) is 0. The van der Waals surface area contributed by atoms with Crippen molar-refractivity contribution in [2.24, 2.45) is 5.92 Å². The van der Waals surface area contributed by atoms with Crippen LogP contribution in [0.2, 0.25) is 0 Å². The van der Waals surface area contributed by atoms with E-state index >= 15 is 0 Å². The lowest BCUT2D eigenvalue weighted by Gasteiger charge is -2.28. The molecule has 2 nitrogen and oxygen atoms in total. The summed E-state index contributed by atoms with van der Waals surface area (Å²) < 4.78 is 5.63. The lowest BCUT2D eigenvalue weighted by Crippen LogP contribution is -2.26. The summed E-state index contributed by atoms with van der Waals surface area (Å²) >= 11 is 0. The Morgan fingerprint density at radius 1 is 1.46 bits per heavy atom. The first-order valence-electron chi connectivity index (χ1n) is 5.09. The maximum Gasteiger partial charge on any atom is 0.0695 e. The van der Waals surface area contributed by atoms with E-state index < -0.39 is 0 Å². The third kappa shape index (κ3) is 3.49. The Bertz CT molecular complexity index is 183. The molecule has 1 N–H and O–H groups in total. The molecule has 0 aromatic heterocycles. The summed E-state index contributed by atoms with van der Waals surface area (Å²) in [6.45, 7) is 6.96. The first-order valence-corrected chi connectivity index (χ1v) is 5.09. The third-order valence-corrected chi connectivity index (χ3v) is 2.44. The van der Waals surface area contributed by atoms with Gasteiger partial charge in [-0.15, -0.1) is 0 Å². The standard InChI is InChI=1S/C11H20O2/c1-8(2)11-7-10(4-5-13-11)6-9(3)12/h6,8-9,11-12H,4-5,7H2,1-3H3. The van der Waals surface area contributed by atoms with Crippen molar-refractivity contribution in [2.45, 2.75) is 45.8 Å². The van der Waals surface area contributed by atoms with E-state index in [1.165, 1.54) is 5.57 Å². The molecule has 2 heteroatoms. The van der Waals surface area contributed by atoms with E-state index in [-0.39, 0.29) is 6.10 Å². The molecule has 1 aliphatic heterocycles. The predicted molar refractivity (Wildman–Crippen MR) is 53.6 cm³/mol. The van der Waals surface area contributed by atoms with Crippen molar-refractivity contribution in [3.8, 4) is 0 Å². The van der Waals surface area contributed by atoms with E-state index in [4.69, 9.17) is 4.74 Å². The molecule has 1 heterocycles. The van der Waals surface area contributed by atoms with Crippen LogP contribution in [0.1, 0.15) is 33.6 Å². The zero-order chi connectivity index (χ0) is 9.84. The molecule has 2 atom stereocenters. The molecule has 76 valence electrons. The number of ether oxygens (including phenoxy) is 1. The van der Waals surface area contributed by atoms with Crippen molar-refractivity contribution in [3.05, 3.63) is 11.6 Å². The van der Waals surface area contributed by atoms with Crippen molar-refractivity contribution < 1.29 is 9.84 Å². The van der Waals surface area contributed by atoms with Crippen LogP contribution in [-0.4, -0.2) is 23.9 Å². The summed E-state index contributed by atoms with van der Waals surface area (Å²) in [5.74, 6) is 0.567. The van der Waals surface area contributed by atoms with Crippen LogP contribution < -0.4 is 0 Å². The minimum Gasteiger partial charge on any atom is -0.389 e. The van der Waals surface area contributed by atoms with Gasteiger partial charge < -0.3 is 9.84 Å². The fourth-order valence-electron chi connectivity index (χ4n) is 1.68. The van der Waals surface area contributed by atoms with Gasteiger partial charge in [-0.05, 0) is 25.7 Å². The van der Waals surface area contributed by atoms with Crippen molar-refractivity contribution in [3.63, 3.8) is 0 Å². The Hall–Kier alpha value is -0.340. The van der Waals surface area contributed by atoms with Crippen molar-refractivity contribution in [1.29, 1.82) is 0 Å². The van der Waals surface area contributed by atoms with Gasteiger partial charge in [-0.2, -0.15) is 0 Å². The zero-order valence-corrected chi connectivity index (χ0v) is 8.79. The van der Waals surface area contributed by atoms with E-state index in [9.17, 15) is 5.11 Å². The Morgan fingerprint density at radius 2 is 2.15 bits per heavy atom. The highest BCUT2D eigenvalue weighted by molar-refractivity contribution is 5.08. The second kappa shape index (κ2) is 4.77. The average Bonchev–Trinajstić information content (AvgIpc) is 2.03. The summed E-state index contributed by atoms with van der Waals surface area (Å²) in [5.41, 5.74) is 1.35. The van der Waals surface area contributed by atoms with Gasteiger partial charge >= 0.3 is 0 Å². The van der Waals surface area contributed by atoms with Crippen LogP contribution in [0.25, 0.3) is 0 Å². The molecule has 1 aliphatic rings. The van der Waals surface area contributed by atoms with E-state index in [0.29, 0.717) is 12.0 Å². The fraction of sp³-hybridized carbons (Fsp3) is 0.818. The number of hydrogen-bond acceptors (Lipinski definition) is 2. The van der Waals surface area contributed by atoms with E-state index in [1.54, 1.807) is 6.92 Å². The maximum atomic E-state index is 9.21. The van der Waals surface area contributed by atoms with Gasteiger partial charge in [0, 0.05) is 0 Å². The Balaban J connectivity index is 2.51. The van der Waals surface area contributed by atoms with Crippen molar-refractivity contribution in [2.75, 3.05) is 6.61 Å². The quantitative estimate of drug-likeness (QED) is 0.666. The maximum absolute atomic E-state index is 9.21. The number of aliphatic hydroxyl groups excluding tert-OH is 1. The highest BCUT2D eigenvalue weighted by atomic mass is 16.5. The Kier molecular flexibility index (Phi) is 3.94. The molecule has 13 heavy (non-hydrogen) atoms. The summed E-state index contributed by atoms with van der Waals surface area (Å²) in [6.07, 6.45) is 3.95. The minimum atomic E-state index is -0.319. The molecule has 0 aromatic rings. The highest BCUT2D eigenvalue weighted by Crippen LogP contribution is 2.24. The molecule has 0 radical (unpaired) electrons. The first kappa shape index (κ1) is 10.7. The molecule has 0 amide bonds. The second-order valence-electron chi connectivity index (χ2n) is 4.17. The molecule has 1 rings (SSSR count). The molecule has 0 bridgehead atoms. The van der Waals surface area contributed by atoms with Gasteiger partial charge in [0.2, 0.25) is 0 Å². The summed E-state index contributed by atoms with van der Waals surface area (Å²) in [6, 6.07) is 0. The van der Waals surface area contributed by atoms with Gasteiger partial charge in [0.05, 0.1) is 18.8 Å². The average molecular weight is 184 g/mol. The zero-order valence-electron chi connectivity index (χ0n) is 8.79. The number of rotatable bonds is 2. The molecular weight excluding hydrogens is 164 g/mol. The van der Waals surface area contributed by atoms with Gasteiger partial charge in [0.15, 0.2) is 0 Å². The summed E-state index contributed by atoms with van der Waals surface area (Å²) in [5, 5.41) is 9.21. The first-order chi connectivity index (χ1) is 6.09. The van der Waals surface area contributed by atoms with Crippen LogP contribution in [-0.2, 0) is 4.74 Å². The van der Waals surface area contributed by atoms with Crippen LogP contribution in [0.5, 0.6) is 0 Å². The lowest BCUT2D eigenvalue weighted by atomic mass is 9.94. The molecule has 1 saturated heterocycles. The van der Waals surface area contributed by atoms with Crippen molar-refractivity contribution >= 4 is 0 Å². The van der Waals surface area contributed by atoms with Crippen molar-refractivity contribution in [1.82, 2.24) is 0 Å². The Morgan fingerprint density at radius 3 is 2.69 bits per heavy atom. The topological polar surface area (TPSA) is 29.5 Å². The molecule has 0 spiro atoms. The van der Waals surface area contributed by atoms with Crippen LogP contribution in [0, 0.1) is 5.92 Å². The minimum absolute atomic E-state index is 0.319. The predicted octanol–water partition coefficient (Wildman–Crippen LogP) is 2.13. The number of hydrogen-bond donors (Lipinski definition) is 1. The Labute approximate surface area is 80.6 Å². The molecule has 0 aliphatic carbocycles. The van der Waals surface area contributed by atoms with E-state index in [2.05, 4.69) is 13.8 Å². The number of aliphatic hydroxyl groups is 1. The monoisotopic (exact) mass is 184 g/mol. The SMILES string of the molecule is CC(O)C=C1CCOC(C(C)C)C1. The fourth-order valence-corrected chi connectivity index (χ4v) is 1.68. The van der Waals surface area contributed by atoms with E-state index in [0.717, 1.165) is 19.4 Å². The van der Waals surface area contributed by atoms with Gasteiger partial charge in [-0.25, -0.2) is 0 Å². The van der Waals surface area contributed by atoms with Crippen LogP contribution in [0.4, 0.5) is 0 Å². The van der Waals surface area contributed by atoms with Gasteiger partial charge in [0.1, 0.15) is 0 Å². The second-order valence-corrected chi connectivity index (χ2v) is 4.17. The smallest absolute Gasteiger partial charge is 0.0695 e. The van der Waals surface area contributed by atoms with Crippen LogP contribution in [0.15, 0.2) is 11.6 Å². The lowest BCUT2D eigenvalue weighted by molar-refractivity contribution is 0.00605.